The van der Waals surface area contributed by atoms with Crippen LogP contribution in [0.1, 0.15) is 24.2 Å². The maximum atomic E-state index is 12.3. The molecule has 0 saturated carbocycles. The third-order valence-corrected chi connectivity index (χ3v) is 3.12. The molecule has 4 heteroatoms. The summed E-state index contributed by atoms with van der Waals surface area (Å²) in [5, 5.41) is 0. The zero-order chi connectivity index (χ0) is 13.0. The summed E-state index contributed by atoms with van der Waals surface area (Å²) in [5.74, 6) is -0.0425. The number of halogens is 1. The molecule has 92 valence electrons. The summed E-state index contributed by atoms with van der Waals surface area (Å²) in [6.45, 7) is 8.14. The maximum absolute atomic E-state index is 12.3. The minimum atomic E-state index is -0.0425. The molecule has 0 radical (unpaired) electrons. The predicted molar refractivity (Wildman–Crippen MR) is 74.9 cm³/mol. The van der Waals surface area contributed by atoms with E-state index < -0.39 is 0 Å². The van der Waals surface area contributed by atoms with Crippen LogP contribution in [0, 0.1) is 0 Å². The van der Waals surface area contributed by atoms with Gasteiger partial charge in [-0.15, -0.1) is 6.58 Å². The van der Waals surface area contributed by atoms with Crippen LogP contribution < -0.4 is 5.73 Å². The fourth-order valence-corrected chi connectivity index (χ4v) is 1.95. The summed E-state index contributed by atoms with van der Waals surface area (Å²) in [6, 6.07) is 5.35. The summed E-state index contributed by atoms with van der Waals surface area (Å²) in [6.07, 6.45) is 1.72. The summed E-state index contributed by atoms with van der Waals surface area (Å²) in [4.78, 5) is 14.1. The summed E-state index contributed by atoms with van der Waals surface area (Å²) in [7, 11) is 0. The average Bonchev–Trinajstić information content (AvgIpc) is 2.28. The van der Waals surface area contributed by atoms with Crippen LogP contribution >= 0.6 is 15.9 Å². The normalized spacial score (nSPS) is 10.4. The van der Waals surface area contributed by atoms with Crippen molar-refractivity contribution in [2.24, 2.45) is 0 Å². The molecule has 0 aliphatic carbocycles. The number of nitrogens with two attached hydrogens (primary N) is 1. The zero-order valence-corrected chi connectivity index (χ0v) is 11.7. The third-order valence-electron chi connectivity index (χ3n) is 2.43. The van der Waals surface area contributed by atoms with Crippen molar-refractivity contribution in [3.05, 3.63) is 40.9 Å². The van der Waals surface area contributed by atoms with Gasteiger partial charge in [0.05, 0.1) is 5.56 Å². The molecule has 0 bridgehead atoms. The van der Waals surface area contributed by atoms with Crippen LogP contribution in [0.5, 0.6) is 0 Å². The minimum Gasteiger partial charge on any atom is -0.399 e. The Morgan fingerprint density at radius 2 is 2.24 bits per heavy atom. The molecular formula is C13H17BrN2O. The van der Waals surface area contributed by atoms with Crippen LogP contribution in [0.4, 0.5) is 5.69 Å². The Morgan fingerprint density at radius 3 is 2.76 bits per heavy atom. The first-order chi connectivity index (χ1) is 7.97. The van der Waals surface area contributed by atoms with Crippen LogP contribution in [-0.2, 0) is 0 Å². The van der Waals surface area contributed by atoms with Gasteiger partial charge in [0.1, 0.15) is 0 Å². The second-order valence-corrected chi connectivity index (χ2v) is 4.93. The molecule has 1 aromatic carbocycles. The number of hydrogen-bond donors (Lipinski definition) is 1. The smallest absolute Gasteiger partial charge is 0.255 e. The molecule has 0 saturated heterocycles. The molecule has 0 unspecified atom stereocenters. The van der Waals surface area contributed by atoms with Gasteiger partial charge in [0, 0.05) is 22.7 Å². The second kappa shape index (κ2) is 5.87. The van der Waals surface area contributed by atoms with Gasteiger partial charge >= 0.3 is 0 Å². The van der Waals surface area contributed by atoms with E-state index >= 15 is 0 Å². The monoisotopic (exact) mass is 296 g/mol. The zero-order valence-electron chi connectivity index (χ0n) is 10.1. The number of hydrogen-bond acceptors (Lipinski definition) is 2. The van der Waals surface area contributed by atoms with Crippen molar-refractivity contribution in [1.82, 2.24) is 4.90 Å². The van der Waals surface area contributed by atoms with E-state index in [0.717, 1.165) is 4.47 Å². The van der Waals surface area contributed by atoms with Gasteiger partial charge in [0.15, 0.2) is 0 Å². The van der Waals surface area contributed by atoms with Crippen LogP contribution in [-0.4, -0.2) is 23.4 Å². The lowest BCUT2D eigenvalue weighted by molar-refractivity contribution is 0.0728. The van der Waals surface area contributed by atoms with Gasteiger partial charge in [-0.05, 0) is 48.0 Å². The van der Waals surface area contributed by atoms with E-state index in [1.54, 1.807) is 29.2 Å². The van der Waals surface area contributed by atoms with Crippen molar-refractivity contribution in [2.75, 3.05) is 12.3 Å². The molecular weight excluding hydrogens is 280 g/mol. The molecule has 0 fully saturated rings. The molecule has 0 aliphatic heterocycles. The van der Waals surface area contributed by atoms with Crippen LogP contribution in [0.15, 0.2) is 35.3 Å². The molecule has 0 heterocycles. The topological polar surface area (TPSA) is 46.3 Å². The highest BCUT2D eigenvalue weighted by molar-refractivity contribution is 9.10. The van der Waals surface area contributed by atoms with Crippen LogP contribution in [0.2, 0.25) is 0 Å². The van der Waals surface area contributed by atoms with E-state index in [9.17, 15) is 4.79 Å². The number of nitrogens with zero attached hydrogens (tertiary/aromatic N) is 1. The van der Waals surface area contributed by atoms with Crippen LogP contribution in [0.3, 0.4) is 0 Å². The fourth-order valence-electron chi connectivity index (χ4n) is 1.53. The Labute approximate surface area is 110 Å². The first-order valence-corrected chi connectivity index (χ1v) is 6.23. The lowest BCUT2D eigenvalue weighted by atomic mass is 10.1. The van der Waals surface area contributed by atoms with E-state index in [4.69, 9.17) is 5.73 Å². The second-order valence-electron chi connectivity index (χ2n) is 4.08. The molecule has 1 rings (SSSR count). The molecule has 0 spiro atoms. The van der Waals surface area contributed by atoms with Gasteiger partial charge in [-0.1, -0.05) is 6.08 Å². The lowest BCUT2D eigenvalue weighted by Gasteiger charge is -2.26. The largest absolute Gasteiger partial charge is 0.399 e. The quantitative estimate of drug-likeness (QED) is 0.686. The van der Waals surface area contributed by atoms with Crippen molar-refractivity contribution in [3.63, 3.8) is 0 Å². The molecule has 1 amide bonds. The Morgan fingerprint density at radius 1 is 1.59 bits per heavy atom. The highest BCUT2D eigenvalue weighted by atomic mass is 79.9. The first kappa shape index (κ1) is 13.8. The van der Waals surface area contributed by atoms with E-state index in [-0.39, 0.29) is 11.9 Å². The van der Waals surface area contributed by atoms with Crippen molar-refractivity contribution >= 4 is 27.5 Å². The van der Waals surface area contributed by atoms with E-state index in [1.165, 1.54) is 0 Å². The number of carbonyl (C=O) groups is 1. The maximum Gasteiger partial charge on any atom is 0.255 e. The number of rotatable bonds is 4. The number of amides is 1. The van der Waals surface area contributed by atoms with Crippen molar-refractivity contribution in [3.8, 4) is 0 Å². The Balaban J connectivity index is 3.08. The van der Waals surface area contributed by atoms with E-state index in [1.807, 2.05) is 13.8 Å². The number of benzene rings is 1. The Hall–Kier alpha value is -1.29. The fraction of sp³-hybridized carbons (Fsp3) is 0.308. The molecule has 0 atom stereocenters. The van der Waals surface area contributed by atoms with Crippen LogP contribution in [0.25, 0.3) is 0 Å². The standard InChI is InChI=1S/C13H17BrN2O/c1-4-7-16(9(2)3)13(17)11-8-10(15)5-6-12(11)14/h4-6,8-9H,1,7,15H2,2-3H3. The van der Waals surface area contributed by atoms with Gasteiger partial charge in [0.25, 0.3) is 5.91 Å². The van der Waals surface area contributed by atoms with Gasteiger partial charge in [0.2, 0.25) is 0 Å². The van der Waals surface area contributed by atoms with Gasteiger partial charge in [-0.25, -0.2) is 0 Å². The van der Waals surface area contributed by atoms with E-state index in [0.29, 0.717) is 17.8 Å². The highest BCUT2D eigenvalue weighted by Gasteiger charge is 2.19. The van der Waals surface area contributed by atoms with Crippen molar-refractivity contribution < 1.29 is 4.79 Å². The number of carbonyl (C=O) groups excluding carboxylic acids is 1. The van der Waals surface area contributed by atoms with Gasteiger partial charge < -0.3 is 10.6 Å². The number of nitrogen functional groups attached to an aromatic ring is 1. The third kappa shape index (κ3) is 3.33. The summed E-state index contributed by atoms with van der Waals surface area (Å²) in [5.41, 5.74) is 6.87. The van der Waals surface area contributed by atoms with Crippen molar-refractivity contribution in [1.29, 1.82) is 0 Å². The molecule has 17 heavy (non-hydrogen) atoms. The molecule has 3 nitrogen and oxygen atoms in total. The summed E-state index contributed by atoms with van der Waals surface area (Å²) >= 11 is 3.37. The number of anilines is 1. The lowest BCUT2D eigenvalue weighted by Crippen LogP contribution is -2.37. The Bertz CT molecular complexity index is 429. The van der Waals surface area contributed by atoms with Gasteiger partial charge in [-0.3, -0.25) is 4.79 Å². The SMILES string of the molecule is C=CCN(C(=O)c1cc(N)ccc1Br)C(C)C. The van der Waals surface area contributed by atoms with E-state index in [2.05, 4.69) is 22.5 Å². The Kier molecular flexibility index (Phi) is 4.75. The predicted octanol–water partition coefficient (Wildman–Crippen LogP) is 3.07. The molecule has 0 aliphatic rings. The molecule has 2 N–H and O–H groups in total. The first-order valence-electron chi connectivity index (χ1n) is 5.44. The summed E-state index contributed by atoms with van der Waals surface area (Å²) < 4.78 is 0.756. The minimum absolute atomic E-state index is 0.0425. The van der Waals surface area contributed by atoms with Gasteiger partial charge in [-0.2, -0.15) is 0 Å². The molecule has 1 aromatic rings. The highest BCUT2D eigenvalue weighted by Crippen LogP contribution is 2.22. The molecule has 0 aromatic heterocycles. The van der Waals surface area contributed by atoms with Crippen molar-refractivity contribution in [2.45, 2.75) is 19.9 Å². The average molecular weight is 297 g/mol.